The standard InChI is InChI=1S/C30H18Cl4N2O4/c31-23-19-17-18-21(25(23)33)29(39)36(14-12-16-9-5-2-6-10-16)30(40)22(18)26(34)24(32)20(17)28(38)35(27(19)37)13-11-15-7-3-1-4-8-15/h1-10H,11-14H2. The number of halogens is 4. The summed E-state index contributed by atoms with van der Waals surface area (Å²) >= 11 is 26.6. The highest BCUT2D eigenvalue weighted by atomic mass is 35.5. The molecule has 2 aliphatic rings. The molecule has 2 aliphatic heterocycles. The third kappa shape index (κ3) is 4.01. The van der Waals surface area contributed by atoms with Crippen LogP contribution in [0.25, 0.3) is 10.8 Å². The number of nitrogens with zero attached hydrogens (tertiary/aromatic N) is 2. The van der Waals surface area contributed by atoms with Crippen LogP contribution in [0.1, 0.15) is 52.6 Å². The average molecular weight is 612 g/mol. The van der Waals surface area contributed by atoms with E-state index in [1.165, 1.54) is 0 Å². The molecule has 200 valence electrons. The highest BCUT2D eigenvalue weighted by molar-refractivity contribution is 6.54. The molecule has 0 aromatic heterocycles. The number of carbonyl (C=O) groups excluding carboxylic acids is 4. The van der Waals surface area contributed by atoms with Crippen LogP contribution in [0, 0.1) is 0 Å². The Kier molecular flexibility index (Phi) is 6.83. The van der Waals surface area contributed by atoms with Crippen LogP contribution in [0.15, 0.2) is 60.7 Å². The molecule has 6 rings (SSSR count). The summed E-state index contributed by atoms with van der Waals surface area (Å²) in [6, 6.07) is 18.7. The van der Waals surface area contributed by atoms with Crippen LogP contribution in [0.5, 0.6) is 0 Å². The maximum atomic E-state index is 13.7. The highest BCUT2D eigenvalue weighted by Crippen LogP contribution is 2.50. The van der Waals surface area contributed by atoms with Gasteiger partial charge in [-0.05, 0) is 24.0 Å². The van der Waals surface area contributed by atoms with E-state index in [9.17, 15) is 19.2 Å². The van der Waals surface area contributed by atoms with Gasteiger partial charge >= 0.3 is 0 Å². The van der Waals surface area contributed by atoms with Gasteiger partial charge < -0.3 is 0 Å². The van der Waals surface area contributed by atoms with Crippen molar-refractivity contribution in [2.24, 2.45) is 0 Å². The highest BCUT2D eigenvalue weighted by Gasteiger charge is 2.45. The lowest BCUT2D eigenvalue weighted by Gasteiger charge is -2.34. The first-order valence-electron chi connectivity index (χ1n) is 12.4. The normalized spacial score (nSPS) is 14.5. The molecule has 2 heterocycles. The fraction of sp³-hybridized carbons (Fsp3) is 0.133. The molecule has 4 aromatic rings. The Balaban J connectivity index is 1.50. The summed E-state index contributed by atoms with van der Waals surface area (Å²) < 4.78 is 0. The first-order chi connectivity index (χ1) is 19.2. The zero-order valence-corrected chi connectivity index (χ0v) is 23.7. The molecule has 0 saturated carbocycles. The molecule has 40 heavy (non-hydrogen) atoms. The number of carbonyl (C=O) groups is 4. The molecule has 0 unspecified atom stereocenters. The predicted molar refractivity (Wildman–Crippen MR) is 155 cm³/mol. The van der Waals surface area contributed by atoms with Gasteiger partial charge in [-0.2, -0.15) is 0 Å². The zero-order valence-electron chi connectivity index (χ0n) is 20.6. The van der Waals surface area contributed by atoms with Crippen LogP contribution in [0.2, 0.25) is 20.1 Å². The van der Waals surface area contributed by atoms with Gasteiger partial charge in [0.25, 0.3) is 23.6 Å². The summed E-state index contributed by atoms with van der Waals surface area (Å²) in [4.78, 5) is 57.0. The van der Waals surface area contributed by atoms with E-state index in [-0.39, 0.29) is 66.2 Å². The molecular formula is C30H18Cl4N2O4. The topological polar surface area (TPSA) is 74.8 Å². The van der Waals surface area contributed by atoms with E-state index in [4.69, 9.17) is 46.4 Å². The smallest absolute Gasteiger partial charge is 0.262 e. The molecule has 0 radical (unpaired) electrons. The quantitative estimate of drug-likeness (QED) is 0.217. The number of hydrogen-bond acceptors (Lipinski definition) is 4. The second-order valence-corrected chi connectivity index (χ2v) is 11.0. The van der Waals surface area contributed by atoms with E-state index in [2.05, 4.69) is 0 Å². The minimum absolute atomic E-state index is 0.0178. The van der Waals surface area contributed by atoms with Crippen LogP contribution in [0.4, 0.5) is 0 Å². The Morgan fingerprint density at radius 2 is 0.725 bits per heavy atom. The van der Waals surface area contributed by atoms with Crippen LogP contribution in [-0.4, -0.2) is 46.5 Å². The number of imide groups is 2. The third-order valence-corrected chi connectivity index (χ3v) is 8.99. The Bertz CT molecular complexity index is 1560. The molecule has 0 fully saturated rings. The fourth-order valence-electron chi connectivity index (χ4n) is 5.33. The lowest BCUT2D eigenvalue weighted by molar-refractivity contribution is 0.0591. The summed E-state index contributed by atoms with van der Waals surface area (Å²) in [7, 11) is 0. The van der Waals surface area contributed by atoms with Crippen molar-refractivity contribution in [1.82, 2.24) is 9.80 Å². The molecular weight excluding hydrogens is 594 g/mol. The maximum Gasteiger partial charge on any atom is 0.262 e. The summed E-state index contributed by atoms with van der Waals surface area (Å²) in [6.07, 6.45) is 0.772. The van der Waals surface area contributed by atoms with Crippen LogP contribution >= 0.6 is 46.4 Å². The lowest BCUT2D eigenvalue weighted by Crippen LogP contribution is -2.45. The minimum Gasteiger partial charge on any atom is -0.274 e. The van der Waals surface area contributed by atoms with Crippen molar-refractivity contribution >= 4 is 80.8 Å². The van der Waals surface area contributed by atoms with Crippen molar-refractivity contribution in [3.8, 4) is 0 Å². The van der Waals surface area contributed by atoms with Gasteiger partial charge in [0, 0.05) is 23.9 Å². The summed E-state index contributed by atoms with van der Waals surface area (Å²) in [5.41, 5.74) is 1.47. The van der Waals surface area contributed by atoms with Gasteiger partial charge in [-0.1, -0.05) is 107 Å². The summed E-state index contributed by atoms with van der Waals surface area (Å²) in [5, 5.41) is -0.732. The van der Waals surface area contributed by atoms with Crippen molar-refractivity contribution in [1.29, 1.82) is 0 Å². The van der Waals surface area contributed by atoms with Crippen LogP contribution in [-0.2, 0) is 12.8 Å². The van der Waals surface area contributed by atoms with E-state index >= 15 is 0 Å². The van der Waals surface area contributed by atoms with Gasteiger partial charge in [0.05, 0.1) is 42.3 Å². The lowest BCUT2D eigenvalue weighted by atomic mass is 9.85. The summed E-state index contributed by atoms with van der Waals surface area (Å²) in [5.74, 6) is -2.77. The fourth-order valence-corrected chi connectivity index (χ4v) is 6.41. The molecule has 0 atom stereocenters. The minimum atomic E-state index is -0.692. The van der Waals surface area contributed by atoms with Crippen molar-refractivity contribution in [2.75, 3.05) is 13.1 Å². The van der Waals surface area contributed by atoms with E-state index in [1.54, 1.807) is 0 Å². The Morgan fingerprint density at radius 3 is 1.00 bits per heavy atom. The molecule has 0 saturated heterocycles. The largest absolute Gasteiger partial charge is 0.274 e. The van der Waals surface area contributed by atoms with E-state index < -0.39 is 23.6 Å². The van der Waals surface area contributed by atoms with Crippen molar-refractivity contribution in [3.63, 3.8) is 0 Å². The maximum absolute atomic E-state index is 13.7. The van der Waals surface area contributed by atoms with Gasteiger partial charge in [0.1, 0.15) is 0 Å². The van der Waals surface area contributed by atoms with Crippen molar-refractivity contribution < 1.29 is 19.2 Å². The zero-order chi connectivity index (χ0) is 28.3. The Labute approximate surface area is 249 Å². The molecule has 4 aromatic carbocycles. The van der Waals surface area contributed by atoms with Crippen LogP contribution in [0.3, 0.4) is 0 Å². The Hall–Kier alpha value is -3.42. The van der Waals surface area contributed by atoms with Gasteiger partial charge in [-0.15, -0.1) is 0 Å². The predicted octanol–water partition coefficient (Wildman–Crippen LogP) is 7.13. The molecule has 0 bridgehead atoms. The van der Waals surface area contributed by atoms with Crippen LogP contribution < -0.4 is 0 Å². The molecule has 4 amide bonds. The van der Waals surface area contributed by atoms with Gasteiger partial charge in [0.2, 0.25) is 0 Å². The number of benzene rings is 4. The molecule has 0 spiro atoms. The van der Waals surface area contributed by atoms with Gasteiger partial charge in [-0.3, -0.25) is 29.0 Å². The van der Waals surface area contributed by atoms with E-state index in [1.807, 2.05) is 60.7 Å². The SMILES string of the molecule is O=C1c2c(Cl)c(Cl)c3c4c(c(Cl)c(Cl)c(c24)C(=O)N1CCc1ccccc1)C(=O)N(CCc1ccccc1)C3=O. The number of amides is 4. The summed E-state index contributed by atoms with van der Waals surface area (Å²) in [6.45, 7) is 0.0816. The second-order valence-electron chi connectivity index (χ2n) is 9.50. The average Bonchev–Trinajstić information content (AvgIpc) is 2.95. The van der Waals surface area contributed by atoms with Crippen molar-refractivity contribution in [2.45, 2.75) is 12.8 Å². The molecule has 0 aliphatic carbocycles. The number of rotatable bonds is 6. The monoisotopic (exact) mass is 610 g/mol. The second kappa shape index (κ2) is 10.2. The molecule has 10 heteroatoms. The molecule has 0 N–H and O–H groups in total. The first kappa shape index (κ1) is 26.8. The van der Waals surface area contributed by atoms with E-state index in [0.717, 1.165) is 20.9 Å². The van der Waals surface area contributed by atoms with Gasteiger partial charge in [0.15, 0.2) is 0 Å². The van der Waals surface area contributed by atoms with E-state index in [0.29, 0.717) is 12.8 Å². The number of hydrogen-bond donors (Lipinski definition) is 0. The Morgan fingerprint density at radius 1 is 0.450 bits per heavy atom. The first-order valence-corrected chi connectivity index (χ1v) is 13.9. The third-order valence-electron chi connectivity index (χ3n) is 7.28. The van der Waals surface area contributed by atoms with Gasteiger partial charge in [-0.25, -0.2) is 0 Å². The van der Waals surface area contributed by atoms with Crippen molar-refractivity contribution in [3.05, 3.63) is 114 Å². The molecule has 6 nitrogen and oxygen atoms in total.